The number of fused-ring (bicyclic) bond motifs is 1. The molecule has 0 aliphatic carbocycles. The van der Waals surface area contributed by atoms with Gasteiger partial charge >= 0.3 is 13.8 Å². The third kappa shape index (κ3) is 7.45. The van der Waals surface area contributed by atoms with Crippen LogP contribution < -0.4 is 0 Å². The van der Waals surface area contributed by atoms with Crippen molar-refractivity contribution in [3.8, 4) is 11.8 Å². The Morgan fingerprint density at radius 1 is 1.12 bits per heavy atom. The summed E-state index contributed by atoms with van der Waals surface area (Å²) in [7, 11) is -4.37. The summed E-state index contributed by atoms with van der Waals surface area (Å²) in [5, 5.41) is 21.4. The molecule has 0 saturated carbocycles. The molecule has 10 nitrogen and oxygen atoms in total. The lowest BCUT2D eigenvalue weighted by Crippen LogP contribution is -2.30. The molecular formula is C23H36NO9P. The molecule has 0 aromatic carbocycles. The second-order valence-electron chi connectivity index (χ2n) is 8.54. The zero-order chi connectivity index (χ0) is 25.4. The third-order valence-corrected chi connectivity index (χ3v) is 6.35. The molecule has 2 heterocycles. The number of aromatic nitrogens is 1. The van der Waals surface area contributed by atoms with Crippen LogP contribution in [0.4, 0.5) is 0 Å². The van der Waals surface area contributed by atoms with Gasteiger partial charge < -0.3 is 29.5 Å². The van der Waals surface area contributed by atoms with Crippen molar-refractivity contribution in [2.45, 2.75) is 77.0 Å². The zero-order valence-corrected chi connectivity index (χ0v) is 20.6. The molecule has 0 radical (unpaired) electrons. The first-order valence-electron chi connectivity index (χ1n) is 11.5. The van der Waals surface area contributed by atoms with Crippen molar-refractivity contribution in [1.82, 2.24) is 4.57 Å². The maximum absolute atomic E-state index is 11.8. The van der Waals surface area contributed by atoms with Crippen LogP contribution in [0.5, 0.6) is 11.8 Å². The summed E-state index contributed by atoms with van der Waals surface area (Å²) >= 11 is 0. The normalized spacial score (nSPS) is 17.5. The van der Waals surface area contributed by atoms with Crippen molar-refractivity contribution in [3.05, 3.63) is 35.9 Å². The number of esters is 1. The van der Waals surface area contributed by atoms with E-state index >= 15 is 0 Å². The van der Waals surface area contributed by atoms with Crippen LogP contribution in [0.1, 0.15) is 69.4 Å². The Labute approximate surface area is 200 Å². The molecule has 192 valence electrons. The molecule has 0 spiro atoms. The number of hydrogen-bond acceptors (Lipinski definition) is 7. The molecule has 0 fully saturated rings. The standard InChI is InChI=1S/C23H36NO9P/c1-4-23(16-31-22(27)17(2)3)19-18(15-32-23)20(25)24(21(19)26)13-11-9-7-5-6-8-10-12-14-33-34(28,29)30/h4,25-26H,1-2,5-16H2,3H3,(H2,28,29,30). The van der Waals surface area contributed by atoms with Gasteiger partial charge in [-0.3, -0.25) is 9.09 Å². The first-order chi connectivity index (χ1) is 16.0. The lowest BCUT2D eigenvalue weighted by atomic mass is 9.96. The summed E-state index contributed by atoms with van der Waals surface area (Å²) in [6.45, 7) is 9.24. The van der Waals surface area contributed by atoms with Crippen molar-refractivity contribution in [1.29, 1.82) is 0 Å². The van der Waals surface area contributed by atoms with Gasteiger partial charge in [0.1, 0.15) is 6.61 Å². The summed E-state index contributed by atoms with van der Waals surface area (Å²) in [5.41, 5.74) is -0.149. The first-order valence-corrected chi connectivity index (χ1v) is 13.0. The van der Waals surface area contributed by atoms with Crippen LogP contribution in [0.25, 0.3) is 0 Å². The van der Waals surface area contributed by atoms with E-state index in [4.69, 9.17) is 19.3 Å². The van der Waals surface area contributed by atoms with E-state index in [9.17, 15) is 19.6 Å². The van der Waals surface area contributed by atoms with Crippen LogP contribution in [0.2, 0.25) is 0 Å². The fourth-order valence-corrected chi connectivity index (χ4v) is 4.32. The topological polar surface area (TPSA) is 148 Å². The number of carbonyl (C=O) groups is 1. The molecule has 0 amide bonds. The number of unbranched alkanes of at least 4 members (excludes halogenated alkanes) is 7. The van der Waals surface area contributed by atoms with E-state index in [0.717, 1.165) is 44.9 Å². The minimum absolute atomic E-state index is 0.0556. The van der Waals surface area contributed by atoms with Gasteiger partial charge in [0.05, 0.1) is 18.8 Å². The van der Waals surface area contributed by atoms with Crippen LogP contribution in [0.15, 0.2) is 24.8 Å². The molecule has 0 saturated heterocycles. The van der Waals surface area contributed by atoms with E-state index in [1.54, 1.807) is 0 Å². The quantitative estimate of drug-likeness (QED) is 0.0861. The first kappa shape index (κ1) is 28.1. The van der Waals surface area contributed by atoms with Crippen LogP contribution in [-0.4, -0.2) is 43.8 Å². The minimum Gasteiger partial charge on any atom is -0.494 e. The number of rotatable bonds is 16. The van der Waals surface area contributed by atoms with Crippen molar-refractivity contribution in [2.24, 2.45) is 0 Å². The van der Waals surface area contributed by atoms with Crippen LogP contribution in [-0.2, 0) is 42.1 Å². The molecule has 4 N–H and O–H groups in total. The molecular weight excluding hydrogens is 465 g/mol. The van der Waals surface area contributed by atoms with Crippen molar-refractivity contribution < 1.29 is 43.4 Å². The molecule has 0 bridgehead atoms. The van der Waals surface area contributed by atoms with Gasteiger partial charge in [-0.2, -0.15) is 0 Å². The SMILES string of the molecule is C=CC1(COC(=O)C(=C)C)OCc2c1c(O)n(CCCCCCCCCCOP(=O)(O)O)c2O. The molecule has 1 aromatic heterocycles. The maximum atomic E-state index is 11.8. The minimum atomic E-state index is -4.37. The van der Waals surface area contributed by atoms with E-state index in [1.807, 2.05) is 0 Å². The average Bonchev–Trinajstić information content (AvgIpc) is 3.27. The molecule has 1 unspecified atom stereocenters. The van der Waals surface area contributed by atoms with Gasteiger partial charge in [-0.05, 0) is 19.8 Å². The number of carbonyl (C=O) groups excluding carboxylic acids is 1. The van der Waals surface area contributed by atoms with E-state index in [1.165, 1.54) is 17.6 Å². The molecule has 1 aromatic rings. The predicted octanol–water partition coefficient (Wildman–Crippen LogP) is 4.16. The second kappa shape index (κ2) is 12.6. The highest BCUT2D eigenvalue weighted by atomic mass is 31.2. The van der Waals surface area contributed by atoms with Crippen LogP contribution in [0, 0.1) is 0 Å². The second-order valence-corrected chi connectivity index (χ2v) is 9.78. The summed E-state index contributed by atoms with van der Waals surface area (Å²) < 4.78 is 27.5. The molecule has 1 aliphatic heterocycles. The monoisotopic (exact) mass is 501 g/mol. The smallest absolute Gasteiger partial charge is 0.469 e. The largest absolute Gasteiger partial charge is 0.494 e. The maximum Gasteiger partial charge on any atom is 0.469 e. The molecule has 2 rings (SSSR count). The Morgan fingerprint density at radius 3 is 2.26 bits per heavy atom. The van der Waals surface area contributed by atoms with Crippen LogP contribution >= 0.6 is 7.82 Å². The van der Waals surface area contributed by atoms with E-state index in [0.29, 0.717) is 24.1 Å². The van der Waals surface area contributed by atoms with Gasteiger partial charge in [-0.1, -0.05) is 57.8 Å². The van der Waals surface area contributed by atoms with Crippen molar-refractivity contribution >= 4 is 13.8 Å². The summed E-state index contributed by atoms with van der Waals surface area (Å²) in [4.78, 5) is 29.0. The molecule has 11 heteroatoms. The number of nitrogens with zero attached hydrogens (tertiary/aromatic N) is 1. The number of phosphoric ester groups is 1. The van der Waals surface area contributed by atoms with Crippen LogP contribution in [0.3, 0.4) is 0 Å². The number of aromatic hydroxyl groups is 2. The fraction of sp³-hybridized carbons (Fsp3) is 0.609. The highest BCUT2D eigenvalue weighted by Crippen LogP contribution is 2.49. The van der Waals surface area contributed by atoms with Crippen molar-refractivity contribution in [3.63, 3.8) is 0 Å². The van der Waals surface area contributed by atoms with E-state index < -0.39 is 19.4 Å². The van der Waals surface area contributed by atoms with Gasteiger partial charge in [0, 0.05) is 17.7 Å². The molecule has 34 heavy (non-hydrogen) atoms. The Morgan fingerprint density at radius 2 is 1.71 bits per heavy atom. The Balaban J connectivity index is 1.78. The van der Waals surface area contributed by atoms with Gasteiger partial charge in [0.15, 0.2) is 11.5 Å². The summed E-state index contributed by atoms with van der Waals surface area (Å²) in [6, 6.07) is 0. The lowest BCUT2D eigenvalue weighted by Gasteiger charge is -2.25. The average molecular weight is 502 g/mol. The number of hydrogen-bond donors (Lipinski definition) is 4. The molecule has 1 atom stereocenters. The van der Waals surface area contributed by atoms with E-state index in [2.05, 4.69) is 17.7 Å². The summed E-state index contributed by atoms with van der Waals surface area (Å²) in [6.07, 6.45) is 8.63. The molecule has 1 aliphatic rings. The Kier molecular flexibility index (Phi) is 10.4. The predicted molar refractivity (Wildman–Crippen MR) is 125 cm³/mol. The number of phosphoric acid groups is 1. The zero-order valence-electron chi connectivity index (χ0n) is 19.7. The number of ether oxygens (including phenoxy) is 2. The van der Waals surface area contributed by atoms with Gasteiger partial charge in [-0.25, -0.2) is 9.36 Å². The highest BCUT2D eigenvalue weighted by Gasteiger charge is 2.45. The fourth-order valence-electron chi connectivity index (χ4n) is 3.96. The summed E-state index contributed by atoms with van der Waals surface area (Å²) in [5.74, 6) is -0.746. The van der Waals surface area contributed by atoms with Gasteiger partial charge in [0.25, 0.3) is 0 Å². The van der Waals surface area contributed by atoms with E-state index in [-0.39, 0.29) is 37.2 Å². The van der Waals surface area contributed by atoms with Gasteiger partial charge in [0.2, 0.25) is 5.88 Å². The third-order valence-electron chi connectivity index (χ3n) is 5.84. The Bertz CT molecular complexity index is 920. The Hall–Kier alpha value is -2.10. The van der Waals surface area contributed by atoms with Crippen molar-refractivity contribution in [2.75, 3.05) is 13.2 Å². The highest BCUT2D eigenvalue weighted by molar-refractivity contribution is 7.46. The van der Waals surface area contributed by atoms with Gasteiger partial charge in [-0.15, -0.1) is 0 Å². The lowest BCUT2D eigenvalue weighted by molar-refractivity contribution is -0.147.